The molecule has 1 aromatic carbocycles. The number of carbonyl (C=O) groups excluding carboxylic acids is 1. The molecule has 0 aliphatic carbocycles. The lowest BCUT2D eigenvalue weighted by molar-refractivity contribution is 0.0615. The molecule has 0 spiro atoms. The van der Waals surface area contributed by atoms with Crippen LogP contribution in [0, 0.1) is 12.7 Å². The van der Waals surface area contributed by atoms with E-state index in [0.717, 1.165) is 13.1 Å². The Bertz CT molecular complexity index is 648. The van der Waals surface area contributed by atoms with Crippen LogP contribution >= 0.6 is 0 Å². The maximum atomic E-state index is 12.9. The first-order valence-electron chi connectivity index (χ1n) is 7.18. The van der Waals surface area contributed by atoms with Gasteiger partial charge in [-0.05, 0) is 31.2 Å². The van der Waals surface area contributed by atoms with E-state index in [4.69, 9.17) is 4.52 Å². The SMILES string of the molecule is Cc1noc(CN2CCN(C(=O)c3ccc(F)cc3)CC2)n1. The van der Waals surface area contributed by atoms with Crippen LogP contribution in [0.4, 0.5) is 4.39 Å². The molecular weight excluding hydrogens is 287 g/mol. The van der Waals surface area contributed by atoms with Crippen LogP contribution in [0.15, 0.2) is 28.8 Å². The number of carbonyl (C=O) groups is 1. The van der Waals surface area contributed by atoms with Crippen molar-refractivity contribution >= 4 is 5.91 Å². The van der Waals surface area contributed by atoms with Crippen LogP contribution in [0.2, 0.25) is 0 Å². The molecule has 1 amide bonds. The molecule has 1 aliphatic rings. The molecule has 0 unspecified atom stereocenters. The number of benzene rings is 1. The second-order valence-electron chi connectivity index (χ2n) is 5.31. The van der Waals surface area contributed by atoms with Crippen molar-refractivity contribution in [2.24, 2.45) is 0 Å². The molecule has 0 atom stereocenters. The quantitative estimate of drug-likeness (QED) is 0.859. The molecule has 2 heterocycles. The number of rotatable bonds is 3. The summed E-state index contributed by atoms with van der Waals surface area (Å²) in [5.74, 6) is 0.820. The standard InChI is InChI=1S/C15H17FN4O2/c1-11-17-14(22-18-11)10-19-6-8-20(9-7-19)15(21)12-2-4-13(16)5-3-12/h2-5H,6-10H2,1H3. The molecule has 0 bridgehead atoms. The van der Waals surface area contributed by atoms with Gasteiger partial charge in [-0.2, -0.15) is 4.98 Å². The number of halogens is 1. The Morgan fingerprint density at radius 1 is 1.23 bits per heavy atom. The van der Waals surface area contributed by atoms with E-state index in [1.165, 1.54) is 24.3 Å². The molecule has 0 saturated carbocycles. The van der Waals surface area contributed by atoms with Crippen LogP contribution in [-0.4, -0.2) is 52.0 Å². The summed E-state index contributed by atoms with van der Waals surface area (Å²) in [6.45, 7) is 5.13. The van der Waals surface area contributed by atoms with Crippen LogP contribution in [0.25, 0.3) is 0 Å². The highest BCUT2D eigenvalue weighted by atomic mass is 19.1. The van der Waals surface area contributed by atoms with Crippen LogP contribution in [0.5, 0.6) is 0 Å². The lowest BCUT2D eigenvalue weighted by atomic mass is 10.2. The molecule has 1 aromatic heterocycles. The minimum atomic E-state index is -0.337. The zero-order chi connectivity index (χ0) is 15.5. The molecule has 1 saturated heterocycles. The fraction of sp³-hybridized carbons (Fsp3) is 0.400. The largest absolute Gasteiger partial charge is 0.338 e. The van der Waals surface area contributed by atoms with E-state index < -0.39 is 0 Å². The average molecular weight is 304 g/mol. The van der Waals surface area contributed by atoms with Crippen LogP contribution < -0.4 is 0 Å². The number of hydrogen-bond acceptors (Lipinski definition) is 5. The molecule has 6 nitrogen and oxygen atoms in total. The summed E-state index contributed by atoms with van der Waals surface area (Å²) < 4.78 is 18.0. The Labute approximate surface area is 127 Å². The summed E-state index contributed by atoms with van der Waals surface area (Å²) >= 11 is 0. The van der Waals surface area contributed by atoms with Crippen molar-refractivity contribution < 1.29 is 13.7 Å². The van der Waals surface area contributed by atoms with Gasteiger partial charge >= 0.3 is 0 Å². The smallest absolute Gasteiger partial charge is 0.253 e. The topological polar surface area (TPSA) is 62.5 Å². The highest BCUT2D eigenvalue weighted by Crippen LogP contribution is 2.11. The van der Waals surface area contributed by atoms with Gasteiger partial charge in [0, 0.05) is 31.7 Å². The van der Waals surface area contributed by atoms with Crippen molar-refractivity contribution in [1.29, 1.82) is 0 Å². The van der Waals surface area contributed by atoms with Gasteiger partial charge in [-0.25, -0.2) is 4.39 Å². The predicted molar refractivity (Wildman–Crippen MR) is 76.6 cm³/mol. The molecule has 22 heavy (non-hydrogen) atoms. The number of nitrogens with zero attached hydrogens (tertiary/aromatic N) is 4. The maximum absolute atomic E-state index is 12.9. The van der Waals surface area contributed by atoms with E-state index >= 15 is 0 Å². The van der Waals surface area contributed by atoms with Crippen molar-refractivity contribution in [3.63, 3.8) is 0 Å². The number of aryl methyl sites for hydroxylation is 1. The Morgan fingerprint density at radius 3 is 2.50 bits per heavy atom. The lowest BCUT2D eigenvalue weighted by Gasteiger charge is -2.34. The third-order valence-corrected chi connectivity index (χ3v) is 3.68. The van der Waals surface area contributed by atoms with Gasteiger partial charge in [0.05, 0.1) is 6.54 Å². The van der Waals surface area contributed by atoms with Gasteiger partial charge in [0.2, 0.25) is 5.89 Å². The molecule has 116 valence electrons. The molecule has 2 aromatic rings. The lowest BCUT2D eigenvalue weighted by Crippen LogP contribution is -2.48. The number of hydrogen-bond donors (Lipinski definition) is 0. The van der Waals surface area contributed by atoms with Crippen molar-refractivity contribution in [3.8, 4) is 0 Å². The predicted octanol–water partition coefficient (Wildman–Crippen LogP) is 1.48. The average Bonchev–Trinajstić information content (AvgIpc) is 2.93. The summed E-state index contributed by atoms with van der Waals surface area (Å²) in [6.07, 6.45) is 0. The van der Waals surface area contributed by atoms with Gasteiger partial charge in [-0.1, -0.05) is 5.16 Å². The fourth-order valence-electron chi connectivity index (χ4n) is 2.48. The molecule has 1 fully saturated rings. The van der Waals surface area contributed by atoms with Gasteiger partial charge in [-0.15, -0.1) is 0 Å². The monoisotopic (exact) mass is 304 g/mol. The van der Waals surface area contributed by atoms with Crippen molar-refractivity contribution in [2.45, 2.75) is 13.5 Å². The summed E-state index contributed by atoms with van der Waals surface area (Å²) in [5.41, 5.74) is 0.516. The summed E-state index contributed by atoms with van der Waals surface area (Å²) in [4.78, 5) is 20.5. The molecule has 7 heteroatoms. The Kier molecular flexibility index (Phi) is 4.15. The number of piperazine rings is 1. The first kappa shape index (κ1) is 14.6. The third kappa shape index (κ3) is 3.30. The summed E-state index contributed by atoms with van der Waals surface area (Å²) in [7, 11) is 0. The van der Waals surface area contributed by atoms with Crippen LogP contribution in [-0.2, 0) is 6.54 Å². The van der Waals surface area contributed by atoms with Gasteiger partial charge in [-0.3, -0.25) is 9.69 Å². The Morgan fingerprint density at radius 2 is 1.91 bits per heavy atom. The minimum Gasteiger partial charge on any atom is -0.338 e. The zero-order valence-corrected chi connectivity index (χ0v) is 12.3. The van der Waals surface area contributed by atoms with Crippen molar-refractivity contribution in [1.82, 2.24) is 19.9 Å². The third-order valence-electron chi connectivity index (χ3n) is 3.68. The fourth-order valence-corrected chi connectivity index (χ4v) is 2.48. The van der Waals surface area contributed by atoms with Crippen LogP contribution in [0.1, 0.15) is 22.1 Å². The maximum Gasteiger partial charge on any atom is 0.253 e. The molecule has 1 aliphatic heterocycles. The van der Waals surface area contributed by atoms with E-state index in [2.05, 4.69) is 15.0 Å². The van der Waals surface area contributed by atoms with E-state index in [1.807, 2.05) is 0 Å². The van der Waals surface area contributed by atoms with Gasteiger partial charge < -0.3 is 9.42 Å². The summed E-state index contributed by atoms with van der Waals surface area (Å²) in [6, 6.07) is 5.65. The Hall–Kier alpha value is -2.28. The second kappa shape index (κ2) is 6.23. The van der Waals surface area contributed by atoms with Gasteiger partial charge in [0.15, 0.2) is 5.82 Å². The van der Waals surface area contributed by atoms with Crippen molar-refractivity contribution in [3.05, 3.63) is 47.4 Å². The van der Waals surface area contributed by atoms with E-state index in [1.54, 1.807) is 11.8 Å². The first-order chi connectivity index (χ1) is 10.6. The number of amides is 1. The molecular formula is C15H17FN4O2. The van der Waals surface area contributed by atoms with E-state index in [-0.39, 0.29) is 11.7 Å². The minimum absolute atomic E-state index is 0.0618. The van der Waals surface area contributed by atoms with E-state index in [9.17, 15) is 9.18 Å². The highest BCUT2D eigenvalue weighted by Gasteiger charge is 2.23. The highest BCUT2D eigenvalue weighted by molar-refractivity contribution is 5.94. The molecule has 3 rings (SSSR count). The summed E-state index contributed by atoms with van der Waals surface area (Å²) in [5, 5.41) is 3.76. The number of aromatic nitrogens is 2. The second-order valence-corrected chi connectivity index (χ2v) is 5.31. The zero-order valence-electron chi connectivity index (χ0n) is 12.3. The molecule has 0 radical (unpaired) electrons. The Balaban J connectivity index is 1.55. The van der Waals surface area contributed by atoms with Crippen LogP contribution in [0.3, 0.4) is 0 Å². The molecule has 0 N–H and O–H groups in total. The normalized spacial score (nSPS) is 16.0. The van der Waals surface area contributed by atoms with Crippen molar-refractivity contribution in [2.75, 3.05) is 26.2 Å². The van der Waals surface area contributed by atoms with Gasteiger partial charge in [0.25, 0.3) is 5.91 Å². The first-order valence-corrected chi connectivity index (χ1v) is 7.18. The van der Waals surface area contributed by atoms with Gasteiger partial charge in [0.1, 0.15) is 5.82 Å². The van der Waals surface area contributed by atoms with E-state index in [0.29, 0.717) is 36.9 Å².